The standard InChI is InChI=1S/C12H11FN2S/c1-7-3-4-10(13)9(5-7)11-6-8(2)14-12(16)15-11/h3-6H,1-2H3,(H,14,15,16). The normalized spacial score (nSPS) is 10.4. The molecule has 82 valence electrons. The molecule has 1 heterocycles. The molecule has 4 heteroatoms. The van der Waals surface area contributed by atoms with Crippen molar-refractivity contribution >= 4 is 12.2 Å². The zero-order valence-corrected chi connectivity index (χ0v) is 9.86. The predicted molar refractivity (Wildman–Crippen MR) is 64.3 cm³/mol. The maximum absolute atomic E-state index is 13.6. The lowest BCUT2D eigenvalue weighted by Gasteiger charge is -2.04. The van der Waals surface area contributed by atoms with Gasteiger partial charge in [-0.3, -0.25) is 0 Å². The van der Waals surface area contributed by atoms with E-state index in [1.165, 1.54) is 6.07 Å². The average molecular weight is 234 g/mol. The molecule has 0 amide bonds. The molecule has 1 aromatic heterocycles. The van der Waals surface area contributed by atoms with Crippen LogP contribution in [0.3, 0.4) is 0 Å². The number of benzene rings is 1. The Morgan fingerprint density at radius 1 is 1.25 bits per heavy atom. The van der Waals surface area contributed by atoms with E-state index in [0.29, 0.717) is 16.0 Å². The fraction of sp³-hybridized carbons (Fsp3) is 0.167. The summed E-state index contributed by atoms with van der Waals surface area (Å²) in [7, 11) is 0. The lowest BCUT2D eigenvalue weighted by Crippen LogP contribution is -1.93. The molecular weight excluding hydrogens is 223 g/mol. The van der Waals surface area contributed by atoms with E-state index >= 15 is 0 Å². The van der Waals surface area contributed by atoms with Gasteiger partial charge in [-0.2, -0.15) is 0 Å². The summed E-state index contributed by atoms with van der Waals surface area (Å²) in [6.45, 7) is 3.79. The molecule has 0 saturated carbocycles. The first-order chi connectivity index (χ1) is 7.56. The molecule has 0 saturated heterocycles. The summed E-state index contributed by atoms with van der Waals surface area (Å²) in [5, 5.41) is 0. The largest absolute Gasteiger partial charge is 0.335 e. The Bertz CT molecular complexity index is 590. The van der Waals surface area contributed by atoms with Crippen LogP contribution in [0.1, 0.15) is 11.3 Å². The monoisotopic (exact) mass is 234 g/mol. The van der Waals surface area contributed by atoms with Crippen molar-refractivity contribution in [2.45, 2.75) is 13.8 Å². The van der Waals surface area contributed by atoms with Gasteiger partial charge in [0, 0.05) is 11.3 Å². The second-order valence-electron chi connectivity index (χ2n) is 3.74. The molecule has 0 fully saturated rings. The van der Waals surface area contributed by atoms with E-state index in [9.17, 15) is 4.39 Å². The van der Waals surface area contributed by atoms with Crippen molar-refractivity contribution in [2.75, 3.05) is 0 Å². The molecule has 0 aliphatic heterocycles. The quantitative estimate of drug-likeness (QED) is 0.764. The Balaban J connectivity index is 2.66. The number of aryl methyl sites for hydroxylation is 2. The number of aromatic amines is 1. The van der Waals surface area contributed by atoms with Crippen LogP contribution in [0.2, 0.25) is 0 Å². The highest BCUT2D eigenvalue weighted by Gasteiger charge is 2.07. The third-order valence-corrected chi connectivity index (χ3v) is 2.47. The predicted octanol–water partition coefficient (Wildman–Crippen LogP) is 3.56. The molecule has 0 spiro atoms. The molecule has 0 aliphatic carbocycles. The summed E-state index contributed by atoms with van der Waals surface area (Å²) in [5.74, 6) is -0.280. The minimum absolute atomic E-state index is 0.280. The fourth-order valence-electron chi connectivity index (χ4n) is 1.55. The lowest BCUT2D eigenvalue weighted by atomic mass is 10.1. The molecule has 2 aromatic rings. The lowest BCUT2D eigenvalue weighted by molar-refractivity contribution is 0.630. The Hall–Kier alpha value is -1.55. The number of hydrogen-bond donors (Lipinski definition) is 1. The van der Waals surface area contributed by atoms with E-state index in [-0.39, 0.29) is 5.82 Å². The molecule has 0 unspecified atom stereocenters. The first kappa shape index (κ1) is 11.0. The molecule has 0 radical (unpaired) electrons. The van der Waals surface area contributed by atoms with Crippen LogP contribution in [0.4, 0.5) is 4.39 Å². The van der Waals surface area contributed by atoms with E-state index in [4.69, 9.17) is 12.2 Å². The van der Waals surface area contributed by atoms with Crippen molar-refractivity contribution < 1.29 is 4.39 Å². The van der Waals surface area contributed by atoms with Crippen molar-refractivity contribution in [3.8, 4) is 11.3 Å². The number of nitrogens with zero attached hydrogens (tertiary/aromatic N) is 1. The summed E-state index contributed by atoms with van der Waals surface area (Å²) in [6, 6.07) is 6.73. The highest BCUT2D eigenvalue weighted by Crippen LogP contribution is 2.22. The second-order valence-corrected chi connectivity index (χ2v) is 4.12. The Labute approximate surface area is 98.2 Å². The van der Waals surface area contributed by atoms with Crippen molar-refractivity contribution in [3.63, 3.8) is 0 Å². The maximum atomic E-state index is 13.6. The van der Waals surface area contributed by atoms with Gasteiger partial charge in [-0.05, 0) is 44.3 Å². The molecular formula is C12H11FN2S. The highest BCUT2D eigenvalue weighted by atomic mass is 32.1. The van der Waals surface area contributed by atoms with Gasteiger partial charge in [-0.15, -0.1) is 0 Å². The zero-order valence-electron chi connectivity index (χ0n) is 9.04. The van der Waals surface area contributed by atoms with Gasteiger partial charge in [0.1, 0.15) is 5.82 Å². The molecule has 16 heavy (non-hydrogen) atoms. The van der Waals surface area contributed by atoms with Gasteiger partial charge >= 0.3 is 0 Å². The van der Waals surface area contributed by atoms with Crippen LogP contribution in [0.25, 0.3) is 11.3 Å². The number of hydrogen-bond acceptors (Lipinski definition) is 2. The first-order valence-electron chi connectivity index (χ1n) is 4.91. The number of halogens is 1. The van der Waals surface area contributed by atoms with Crippen molar-refractivity contribution in [3.05, 3.63) is 46.1 Å². The second kappa shape index (κ2) is 4.14. The van der Waals surface area contributed by atoms with E-state index in [2.05, 4.69) is 9.97 Å². The summed E-state index contributed by atoms with van der Waals surface area (Å²) in [6.07, 6.45) is 0. The Morgan fingerprint density at radius 2 is 2.00 bits per heavy atom. The van der Waals surface area contributed by atoms with Gasteiger partial charge in [0.05, 0.1) is 5.69 Å². The molecule has 1 N–H and O–H groups in total. The first-order valence-corrected chi connectivity index (χ1v) is 5.31. The molecule has 2 nitrogen and oxygen atoms in total. The van der Waals surface area contributed by atoms with Crippen molar-refractivity contribution in [1.29, 1.82) is 0 Å². The number of aromatic nitrogens is 2. The smallest absolute Gasteiger partial charge is 0.197 e. The van der Waals surface area contributed by atoms with Gasteiger partial charge in [-0.25, -0.2) is 9.37 Å². The minimum Gasteiger partial charge on any atom is -0.335 e. The van der Waals surface area contributed by atoms with E-state index < -0.39 is 0 Å². The van der Waals surface area contributed by atoms with Crippen LogP contribution in [-0.4, -0.2) is 9.97 Å². The molecule has 0 aliphatic rings. The average Bonchev–Trinajstić information content (AvgIpc) is 2.20. The van der Waals surface area contributed by atoms with Gasteiger partial charge in [-0.1, -0.05) is 11.6 Å². The summed E-state index contributed by atoms with van der Waals surface area (Å²) in [4.78, 5) is 7.02. The SMILES string of the molecule is Cc1ccc(F)c(-c2cc(C)[nH]c(=S)n2)c1. The van der Waals surface area contributed by atoms with Gasteiger partial charge < -0.3 is 4.98 Å². The molecule has 0 bridgehead atoms. The maximum Gasteiger partial charge on any atom is 0.197 e. The third-order valence-electron chi connectivity index (χ3n) is 2.28. The molecule has 2 rings (SSSR count). The van der Waals surface area contributed by atoms with Crippen molar-refractivity contribution in [2.24, 2.45) is 0 Å². The third kappa shape index (κ3) is 2.17. The highest BCUT2D eigenvalue weighted by molar-refractivity contribution is 7.71. The van der Waals surface area contributed by atoms with Crippen LogP contribution in [0.5, 0.6) is 0 Å². The van der Waals surface area contributed by atoms with Crippen LogP contribution in [-0.2, 0) is 0 Å². The van der Waals surface area contributed by atoms with Gasteiger partial charge in [0.2, 0.25) is 0 Å². The molecule has 1 aromatic carbocycles. The van der Waals surface area contributed by atoms with Gasteiger partial charge in [0.25, 0.3) is 0 Å². The van der Waals surface area contributed by atoms with E-state index in [1.807, 2.05) is 13.8 Å². The number of nitrogens with one attached hydrogen (secondary N) is 1. The summed E-state index contributed by atoms with van der Waals surface area (Å²) >= 11 is 4.97. The topological polar surface area (TPSA) is 28.7 Å². The van der Waals surface area contributed by atoms with Crippen LogP contribution < -0.4 is 0 Å². The van der Waals surface area contributed by atoms with Gasteiger partial charge in [0.15, 0.2) is 4.77 Å². The van der Waals surface area contributed by atoms with Crippen molar-refractivity contribution in [1.82, 2.24) is 9.97 Å². The zero-order chi connectivity index (χ0) is 11.7. The molecule has 0 atom stereocenters. The number of H-pyrrole nitrogens is 1. The van der Waals surface area contributed by atoms with E-state index in [1.54, 1.807) is 18.2 Å². The van der Waals surface area contributed by atoms with Crippen LogP contribution in [0, 0.1) is 24.4 Å². The fourth-order valence-corrected chi connectivity index (χ4v) is 1.81. The Kier molecular flexibility index (Phi) is 2.83. The Morgan fingerprint density at radius 3 is 2.69 bits per heavy atom. The van der Waals surface area contributed by atoms with Crippen LogP contribution >= 0.6 is 12.2 Å². The van der Waals surface area contributed by atoms with E-state index in [0.717, 1.165) is 11.3 Å². The number of rotatable bonds is 1. The minimum atomic E-state index is -0.280. The summed E-state index contributed by atoms with van der Waals surface area (Å²) < 4.78 is 14.0. The summed E-state index contributed by atoms with van der Waals surface area (Å²) in [5.41, 5.74) is 2.93. The van der Waals surface area contributed by atoms with Crippen LogP contribution in [0.15, 0.2) is 24.3 Å².